The summed E-state index contributed by atoms with van der Waals surface area (Å²) < 4.78 is 12.3. The summed E-state index contributed by atoms with van der Waals surface area (Å²) in [4.78, 5) is 12.8. The molecule has 2 heterocycles. The third-order valence-electron chi connectivity index (χ3n) is 6.55. The standard InChI is InChI=1S/C25H25N3O4/c1-14-6-4-5-7-16(14)13-28-24(30)18-11-17(18)23(27-28)31-21-19-10-15(12-26)8-9-20(19)32-25(2,3)22(21)29/h4-10,17-18,21-22,29H,11,13H2,1-3H3. The SMILES string of the molecule is Cc1ccccc1CN1N=C(OC2c3cc(C#N)ccc3OC(C)(C)C2O)C2CC2C1=O. The number of ether oxygens (including phenoxy) is 2. The number of carbonyl (C=O) groups is 1. The van der Waals surface area contributed by atoms with Crippen molar-refractivity contribution in [2.45, 2.75) is 51.5 Å². The maximum atomic E-state index is 12.8. The number of hydrazone groups is 1. The number of aliphatic hydroxyl groups is 1. The van der Waals surface area contributed by atoms with Crippen LogP contribution >= 0.6 is 0 Å². The van der Waals surface area contributed by atoms with Crippen LogP contribution in [0, 0.1) is 30.1 Å². The van der Waals surface area contributed by atoms with Gasteiger partial charge in [-0.05, 0) is 56.5 Å². The largest absolute Gasteiger partial charge is 0.485 e. The molecule has 1 saturated carbocycles. The van der Waals surface area contributed by atoms with Crippen LogP contribution in [0.1, 0.15) is 48.6 Å². The van der Waals surface area contributed by atoms with Crippen molar-refractivity contribution in [1.29, 1.82) is 5.26 Å². The third kappa shape index (κ3) is 3.41. The number of aliphatic hydroxyl groups excluding tert-OH is 1. The first kappa shape index (κ1) is 20.5. The Morgan fingerprint density at radius 2 is 2.06 bits per heavy atom. The molecule has 2 aromatic rings. The highest BCUT2D eigenvalue weighted by Crippen LogP contribution is 2.48. The number of fused-ring (bicyclic) bond motifs is 2. The zero-order chi connectivity index (χ0) is 22.6. The lowest BCUT2D eigenvalue weighted by Crippen LogP contribution is -2.50. The van der Waals surface area contributed by atoms with Gasteiger partial charge in [0, 0.05) is 11.5 Å². The normalized spacial score (nSPS) is 27.4. The second-order valence-electron chi connectivity index (χ2n) is 9.26. The Balaban J connectivity index is 1.48. The Labute approximate surface area is 186 Å². The van der Waals surface area contributed by atoms with Gasteiger partial charge in [0.2, 0.25) is 11.8 Å². The molecule has 164 valence electrons. The van der Waals surface area contributed by atoms with Crippen LogP contribution in [0.3, 0.4) is 0 Å². The number of carbonyl (C=O) groups excluding carboxylic acids is 1. The second-order valence-corrected chi connectivity index (χ2v) is 9.26. The summed E-state index contributed by atoms with van der Waals surface area (Å²) in [5.74, 6) is 0.822. The number of rotatable bonds is 3. The number of aryl methyl sites for hydroxylation is 1. The third-order valence-corrected chi connectivity index (χ3v) is 6.55. The summed E-state index contributed by atoms with van der Waals surface area (Å²) in [5, 5.41) is 26.4. The van der Waals surface area contributed by atoms with Crippen molar-refractivity contribution in [2.75, 3.05) is 0 Å². The highest BCUT2D eigenvalue weighted by molar-refractivity contribution is 5.96. The molecular weight excluding hydrogens is 406 g/mol. The van der Waals surface area contributed by atoms with Crippen LogP contribution in [0.4, 0.5) is 0 Å². The smallest absolute Gasteiger partial charge is 0.247 e. The molecular formula is C25H25N3O4. The van der Waals surface area contributed by atoms with Gasteiger partial charge in [-0.25, -0.2) is 5.01 Å². The molecule has 1 aliphatic carbocycles. The molecule has 7 nitrogen and oxygen atoms in total. The maximum absolute atomic E-state index is 12.8. The fourth-order valence-electron chi connectivity index (χ4n) is 4.42. The lowest BCUT2D eigenvalue weighted by molar-refractivity contribution is -0.135. The average Bonchev–Trinajstić information content (AvgIpc) is 3.57. The lowest BCUT2D eigenvalue weighted by Gasteiger charge is -2.42. The molecule has 1 fully saturated rings. The van der Waals surface area contributed by atoms with E-state index in [0.29, 0.717) is 35.7 Å². The summed E-state index contributed by atoms with van der Waals surface area (Å²) in [6.07, 6.45) is -1.04. The monoisotopic (exact) mass is 431 g/mol. The van der Waals surface area contributed by atoms with Crippen LogP contribution in [0.2, 0.25) is 0 Å². The molecule has 1 N–H and O–H groups in total. The van der Waals surface area contributed by atoms with Crippen LogP contribution < -0.4 is 4.74 Å². The van der Waals surface area contributed by atoms with Crippen LogP contribution in [-0.4, -0.2) is 33.6 Å². The minimum absolute atomic E-state index is 0.00521. The fraction of sp³-hybridized carbons (Fsp3) is 0.400. The summed E-state index contributed by atoms with van der Waals surface area (Å²) in [6, 6.07) is 15.1. The van der Waals surface area contributed by atoms with E-state index in [1.807, 2.05) is 31.2 Å². The minimum Gasteiger partial charge on any atom is -0.485 e. The molecule has 7 heteroatoms. The van der Waals surface area contributed by atoms with Crippen molar-refractivity contribution < 1.29 is 19.4 Å². The molecule has 32 heavy (non-hydrogen) atoms. The number of nitriles is 1. The second kappa shape index (κ2) is 7.35. The molecule has 4 unspecified atom stereocenters. The molecule has 2 aliphatic heterocycles. The summed E-state index contributed by atoms with van der Waals surface area (Å²) in [7, 11) is 0. The van der Waals surface area contributed by atoms with E-state index in [-0.39, 0.29) is 17.7 Å². The summed E-state index contributed by atoms with van der Waals surface area (Å²) >= 11 is 0. The Bertz CT molecular complexity index is 1170. The van der Waals surface area contributed by atoms with E-state index in [2.05, 4.69) is 11.2 Å². The van der Waals surface area contributed by atoms with Crippen LogP contribution in [0.25, 0.3) is 0 Å². The Kier molecular flexibility index (Phi) is 4.72. The number of hydrogen-bond donors (Lipinski definition) is 1. The Morgan fingerprint density at radius 1 is 1.28 bits per heavy atom. The number of hydrogen-bond acceptors (Lipinski definition) is 6. The van der Waals surface area contributed by atoms with Crippen molar-refractivity contribution in [2.24, 2.45) is 16.9 Å². The van der Waals surface area contributed by atoms with Gasteiger partial charge in [-0.2, -0.15) is 5.26 Å². The van der Waals surface area contributed by atoms with Crippen LogP contribution in [-0.2, 0) is 16.1 Å². The van der Waals surface area contributed by atoms with E-state index in [1.54, 1.807) is 32.0 Å². The zero-order valence-corrected chi connectivity index (χ0v) is 18.3. The zero-order valence-electron chi connectivity index (χ0n) is 18.3. The van der Waals surface area contributed by atoms with Crippen molar-refractivity contribution >= 4 is 11.8 Å². The molecule has 1 amide bonds. The number of amides is 1. The van der Waals surface area contributed by atoms with Crippen molar-refractivity contribution in [3.05, 3.63) is 64.7 Å². The van der Waals surface area contributed by atoms with E-state index in [9.17, 15) is 15.2 Å². The molecule has 0 radical (unpaired) electrons. The Morgan fingerprint density at radius 3 is 2.81 bits per heavy atom. The van der Waals surface area contributed by atoms with E-state index in [0.717, 1.165) is 11.1 Å². The van der Waals surface area contributed by atoms with Gasteiger partial charge in [-0.3, -0.25) is 4.79 Å². The summed E-state index contributed by atoms with van der Waals surface area (Å²) in [5.41, 5.74) is 2.30. The minimum atomic E-state index is -0.980. The van der Waals surface area contributed by atoms with E-state index >= 15 is 0 Å². The molecule has 0 aromatic heterocycles. The topological polar surface area (TPSA) is 95.2 Å². The van der Waals surface area contributed by atoms with Crippen molar-refractivity contribution in [3.63, 3.8) is 0 Å². The number of nitrogens with zero attached hydrogens (tertiary/aromatic N) is 3. The van der Waals surface area contributed by atoms with Crippen LogP contribution in [0.5, 0.6) is 5.75 Å². The predicted octanol–water partition coefficient (Wildman–Crippen LogP) is 3.45. The van der Waals surface area contributed by atoms with Crippen LogP contribution in [0.15, 0.2) is 47.6 Å². The van der Waals surface area contributed by atoms with E-state index in [1.165, 1.54) is 5.01 Å². The van der Waals surface area contributed by atoms with Gasteiger partial charge in [0.1, 0.15) is 17.5 Å². The molecule has 3 aliphatic rings. The average molecular weight is 431 g/mol. The molecule has 0 saturated heterocycles. The summed E-state index contributed by atoms with van der Waals surface area (Å²) in [6.45, 7) is 5.98. The first-order valence-corrected chi connectivity index (χ1v) is 10.8. The van der Waals surface area contributed by atoms with Crippen molar-refractivity contribution in [3.8, 4) is 11.8 Å². The van der Waals surface area contributed by atoms with Gasteiger partial charge in [-0.15, -0.1) is 5.10 Å². The van der Waals surface area contributed by atoms with Gasteiger partial charge in [-0.1, -0.05) is 24.3 Å². The van der Waals surface area contributed by atoms with Gasteiger partial charge >= 0.3 is 0 Å². The first-order valence-electron chi connectivity index (χ1n) is 10.8. The molecule has 0 spiro atoms. The highest BCUT2D eigenvalue weighted by Gasteiger charge is 2.55. The quantitative estimate of drug-likeness (QED) is 0.803. The molecule has 5 rings (SSSR count). The highest BCUT2D eigenvalue weighted by atomic mass is 16.5. The molecule has 2 aromatic carbocycles. The molecule has 4 atom stereocenters. The predicted molar refractivity (Wildman–Crippen MR) is 116 cm³/mol. The molecule has 0 bridgehead atoms. The van der Waals surface area contributed by atoms with Gasteiger partial charge in [0.05, 0.1) is 24.1 Å². The van der Waals surface area contributed by atoms with Gasteiger partial charge < -0.3 is 14.6 Å². The van der Waals surface area contributed by atoms with Crippen molar-refractivity contribution in [1.82, 2.24) is 5.01 Å². The maximum Gasteiger partial charge on any atom is 0.247 e. The lowest BCUT2D eigenvalue weighted by atomic mass is 9.87. The van der Waals surface area contributed by atoms with Gasteiger partial charge in [0.25, 0.3) is 0 Å². The van der Waals surface area contributed by atoms with E-state index < -0.39 is 17.8 Å². The first-order chi connectivity index (χ1) is 15.3. The Hall–Kier alpha value is -3.37. The van der Waals surface area contributed by atoms with E-state index in [4.69, 9.17) is 9.47 Å². The fourth-order valence-corrected chi connectivity index (χ4v) is 4.42. The number of benzene rings is 2. The van der Waals surface area contributed by atoms with Gasteiger partial charge in [0.15, 0.2) is 6.10 Å².